The number of aryl methyl sites for hydroxylation is 2. The smallest absolute Gasteiger partial charge is 0.193 e. The number of terminal acetylenes is 2. The summed E-state index contributed by atoms with van der Waals surface area (Å²) in [7, 11) is 0. The van der Waals surface area contributed by atoms with Gasteiger partial charge in [-0.3, -0.25) is 0 Å². The molecule has 2 nitrogen and oxygen atoms in total. The first-order chi connectivity index (χ1) is 12.3. The van der Waals surface area contributed by atoms with E-state index in [4.69, 9.17) is 12.8 Å². The maximum absolute atomic E-state index is 5.50. The molecule has 3 aromatic rings. The van der Waals surface area contributed by atoms with Crippen LogP contribution in [0.2, 0.25) is 0 Å². The second-order valence-electron chi connectivity index (χ2n) is 5.99. The first-order valence-corrected chi connectivity index (χ1v) is 8.62. The Morgan fingerprint density at radius 1 is 0.760 bits per heavy atom. The van der Waals surface area contributed by atoms with Gasteiger partial charge in [0.2, 0.25) is 0 Å². The second kappa shape index (κ2) is 8.13. The van der Waals surface area contributed by atoms with Crippen molar-refractivity contribution in [1.29, 1.82) is 0 Å². The van der Waals surface area contributed by atoms with Crippen molar-refractivity contribution in [3.8, 4) is 36.1 Å². The van der Waals surface area contributed by atoms with Crippen LogP contribution in [0.4, 0.5) is 0 Å². The number of aromatic nitrogens is 2. The van der Waals surface area contributed by atoms with Crippen LogP contribution in [0, 0.1) is 24.7 Å². The van der Waals surface area contributed by atoms with Crippen LogP contribution in [-0.2, 0) is 13.1 Å². The zero-order chi connectivity index (χ0) is 17.5. The topological polar surface area (TPSA) is 7.76 Å². The molecule has 0 atom stereocenters. The normalized spacial score (nSPS) is 10.3. The van der Waals surface area contributed by atoms with Crippen LogP contribution in [0.25, 0.3) is 22.2 Å². The van der Waals surface area contributed by atoms with E-state index in [1.54, 1.807) is 0 Å². The van der Waals surface area contributed by atoms with Gasteiger partial charge in [-0.05, 0) is 17.5 Å². The Bertz CT molecular complexity index is 958. The van der Waals surface area contributed by atoms with Crippen LogP contribution < -0.4 is 9.13 Å². The lowest BCUT2D eigenvalue weighted by atomic mass is 10.1. The van der Waals surface area contributed by atoms with E-state index in [0.29, 0.717) is 6.42 Å². The Morgan fingerprint density at radius 3 is 2.40 bits per heavy atom. The van der Waals surface area contributed by atoms with E-state index in [0.717, 1.165) is 25.9 Å². The second-order valence-corrected chi connectivity index (χ2v) is 5.99. The summed E-state index contributed by atoms with van der Waals surface area (Å²) < 4.78 is 4.54. The minimum atomic E-state index is 0.708. The first kappa shape index (κ1) is 16.7. The van der Waals surface area contributed by atoms with Crippen molar-refractivity contribution >= 4 is 10.8 Å². The van der Waals surface area contributed by atoms with E-state index in [1.807, 2.05) is 0 Å². The molecule has 0 bridgehead atoms. The summed E-state index contributed by atoms with van der Waals surface area (Å²) >= 11 is 0. The Balaban J connectivity index is 2.17. The van der Waals surface area contributed by atoms with E-state index in [1.165, 1.54) is 22.2 Å². The SMILES string of the molecule is C#CCCC[n+]1ccccc1-c1c2ccccc2cc[n+]1CCC#C. The maximum atomic E-state index is 5.50. The van der Waals surface area contributed by atoms with Gasteiger partial charge in [0, 0.05) is 31.0 Å². The van der Waals surface area contributed by atoms with Crippen molar-refractivity contribution in [2.24, 2.45) is 0 Å². The number of hydrogen-bond donors (Lipinski definition) is 0. The largest absolute Gasteiger partial charge is 0.285 e. The molecule has 2 aromatic heterocycles. The molecule has 122 valence electrons. The van der Waals surface area contributed by atoms with Crippen LogP contribution >= 0.6 is 0 Å². The van der Waals surface area contributed by atoms with Gasteiger partial charge in [0.1, 0.15) is 6.54 Å². The van der Waals surface area contributed by atoms with Gasteiger partial charge in [-0.2, -0.15) is 9.13 Å². The molecule has 0 fully saturated rings. The average molecular weight is 326 g/mol. The number of unbranched alkanes of at least 4 members (excludes halogenated alkanes) is 1. The molecule has 0 unspecified atom stereocenters. The number of pyridine rings is 2. The predicted molar refractivity (Wildman–Crippen MR) is 101 cm³/mol. The molecule has 0 saturated carbocycles. The predicted octanol–water partition coefficient (Wildman–Crippen LogP) is 3.52. The van der Waals surface area contributed by atoms with Gasteiger partial charge in [-0.15, -0.1) is 24.7 Å². The highest BCUT2D eigenvalue weighted by Gasteiger charge is 2.25. The quantitative estimate of drug-likeness (QED) is 0.372. The van der Waals surface area contributed by atoms with Gasteiger partial charge in [-0.1, -0.05) is 18.2 Å². The number of nitrogens with zero attached hydrogens (tertiary/aromatic N) is 2. The van der Waals surface area contributed by atoms with Crippen molar-refractivity contribution in [3.63, 3.8) is 0 Å². The lowest BCUT2D eigenvalue weighted by Gasteiger charge is -2.07. The molecule has 0 saturated heterocycles. The van der Waals surface area contributed by atoms with Crippen LogP contribution in [-0.4, -0.2) is 0 Å². The van der Waals surface area contributed by atoms with E-state index in [2.05, 4.69) is 81.9 Å². The fraction of sp³-hybridized carbons (Fsp3) is 0.217. The zero-order valence-electron chi connectivity index (χ0n) is 14.4. The van der Waals surface area contributed by atoms with Gasteiger partial charge in [-0.25, -0.2) is 0 Å². The van der Waals surface area contributed by atoms with Gasteiger partial charge >= 0.3 is 0 Å². The van der Waals surface area contributed by atoms with Crippen molar-refractivity contribution < 1.29 is 9.13 Å². The Kier molecular flexibility index (Phi) is 5.45. The number of hydrogen-bond acceptors (Lipinski definition) is 0. The summed E-state index contributed by atoms with van der Waals surface area (Å²) in [5, 5.41) is 2.47. The van der Waals surface area contributed by atoms with Crippen molar-refractivity contribution in [3.05, 3.63) is 60.9 Å². The minimum absolute atomic E-state index is 0.708. The standard InChI is InChI=1S/C23H22N2/c1-3-5-10-17-24-18-11-9-14-22(24)23-21-13-8-7-12-20(21)15-19-25(23)16-6-4-2/h1-2,7-9,11-15,18-19H,5-6,10,16-17H2/q+2. The van der Waals surface area contributed by atoms with Crippen molar-refractivity contribution in [2.45, 2.75) is 32.4 Å². The highest BCUT2D eigenvalue weighted by molar-refractivity contribution is 5.91. The van der Waals surface area contributed by atoms with Crippen molar-refractivity contribution in [1.82, 2.24) is 0 Å². The summed E-state index contributed by atoms with van der Waals surface area (Å²) in [5.41, 5.74) is 2.39. The molecule has 0 spiro atoms. The van der Waals surface area contributed by atoms with Crippen molar-refractivity contribution in [2.75, 3.05) is 0 Å². The molecule has 0 radical (unpaired) electrons. The maximum Gasteiger partial charge on any atom is 0.285 e. The van der Waals surface area contributed by atoms with Gasteiger partial charge in [0.05, 0.1) is 11.8 Å². The lowest BCUT2D eigenvalue weighted by Crippen LogP contribution is -2.43. The van der Waals surface area contributed by atoms with Crippen LogP contribution in [0.1, 0.15) is 19.3 Å². The molecule has 2 heteroatoms. The summed E-state index contributed by atoms with van der Waals surface area (Å²) in [6, 6.07) is 17.0. The highest BCUT2D eigenvalue weighted by Crippen LogP contribution is 2.23. The summed E-state index contributed by atoms with van der Waals surface area (Å²) in [6.07, 6.45) is 17.6. The third-order valence-electron chi connectivity index (χ3n) is 4.34. The summed E-state index contributed by atoms with van der Waals surface area (Å²) in [6.45, 7) is 1.70. The van der Waals surface area contributed by atoms with E-state index >= 15 is 0 Å². The molecule has 0 amide bonds. The number of rotatable bonds is 6. The first-order valence-electron chi connectivity index (χ1n) is 8.62. The Hall–Kier alpha value is -3.10. The van der Waals surface area contributed by atoms with E-state index < -0.39 is 0 Å². The Labute approximate surface area is 149 Å². The monoisotopic (exact) mass is 326 g/mol. The molecule has 0 aliphatic rings. The average Bonchev–Trinajstić information content (AvgIpc) is 2.66. The van der Waals surface area contributed by atoms with E-state index in [-0.39, 0.29) is 0 Å². The molecule has 1 aromatic carbocycles. The third kappa shape index (κ3) is 3.70. The lowest BCUT2D eigenvalue weighted by molar-refractivity contribution is -0.713. The highest BCUT2D eigenvalue weighted by atomic mass is 15.0. The van der Waals surface area contributed by atoms with Crippen LogP contribution in [0.3, 0.4) is 0 Å². The number of fused-ring (bicyclic) bond motifs is 1. The summed E-state index contributed by atoms with van der Waals surface area (Å²) in [5.74, 6) is 5.48. The van der Waals surface area contributed by atoms with Gasteiger partial charge in [0.15, 0.2) is 18.9 Å². The molecule has 25 heavy (non-hydrogen) atoms. The molecule has 3 rings (SSSR count). The Morgan fingerprint density at radius 2 is 1.56 bits per heavy atom. The molecular formula is C23H22N2+2. The fourth-order valence-corrected chi connectivity index (χ4v) is 3.15. The fourth-order valence-electron chi connectivity index (χ4n) is 3.15. The molecule has 0 aliphatic heterocycles. The van der Waals surface area contributed by atoms with Crippen LogP contribution in [0.15, 0.2) is 60.9 Å². The molecule has 2 heterocycles. The number of benzene rings is 1. The third-order valence-corrected chi connectivity index (χ3v) is 4.34. The van der Waals surface area contributed by atoms with E-state index in [9.17, 15) is 0 Å². The minimum Gasteiger partial charge on any atom is -0.193 e. The van der Waals surface area contributed by atoms with Crippen LogP contribution in [0.5, 0.6) is 0 Å². The molecular weight excluding hydrogens is 304 g/mol. The summed E-state index contributed by atoms with van der Waals surface area (Å²) in [4.78, 5) is 0. The molecule has 0 aliphatic carbocycles. The zero-order valence-corrected chi connectivity index (χ0v) is 14.4. The van der Waals surface area contributed by atoms with Gasteiger partial charge in [0.25, 0.3) is 11.4 Å². The molecule has 0 N–H and O–H groups in total. The van der Waals surface area contributed by atoms with Gasteiger partial charge < -0.3 is 0 Å².